The Bertz CT molecular complexity index is 600. The smallest absolute Gasteiger partial charge is 0.306 e. The number of hydrogen-bond acceptors (Lipinski definition) is 1. The number of amides is 2. The molecular weight excluding hydrogens is 305 g/mol. The quantitative estimate of drug-likeness (QED) is 0.836. The van der Waals surface area contributed by atoms with Crippen LogP contribution in [0, 0.1) is 5.92 Å². The Hall–Kier alpha value is -1.56. The van der Waals surface area contributed by atoms with Gasteiger partial charge < -0.3 is 5.32 Å². The first-order chi connectivity index (χ1) is 9.72. The van der Waals surface area contributed by atoms with Gasteiger partial charge in [-0.2, -0.15) is 13.2 Å². The number of carbonyl (C=O) groups is 1. The first-order valence-corrected chi connectivity index (χ1v) is 6.83. The summed E-state index contributed by atoms with van der Waals surface area (Å²) in [5, 5.41) is 2.54. The number of nitrogens with zero attached hydrogens (tertiary/aromatic N) is 1. The van der Waals surface area contributed by atoms with E-state index in [1.165, 1.54) is 25.1 Å². The van der Waals surface area contributed by atoms with Crippen molar-refractivity contribution < 1.29 is 18.0 Å². The van der Waals surface area contributed by atoms with Gasteiger partial charge in [-0.15, -0.1) is 0 Å². The highest BCUT2D eigenvalue weighted by Crippen LogP contribution is 2.50. The summed E-state index contributed by atoms with van der Waals surface area (Å²) in [6, 6.07) is 3.22. The maximum absolute atomic E-state index is 13.9. The molecule has 1 N–H and O–H groups in total. The molecule has 1 aliphatic rings. The van der Waals surface area contributed by atoms with Gasteiger partial charge in [-0.3, -0.25) is 0 Å². The van der Waals surface area contributed by atoms with Gasteiger partial charge in [-0.1, -0.05) is 31.9 Å². The van der Waals surface area contributed by atoms with Crippen LogP contribution in [0.4, 0.5) is 23.7 Å². The molecule has 2 amide bonds. The van der Waals surface area contributed by atoms with Crippen LogP contribution in [0.25, 0.3) is 0 Å². The highest BCUT2D eigenvalue weighted by atomic mass is 35.5. The zero-order valence-corrected chi connectivity index (χ0v) is 12.2. The minimum atomic E-state index is -4.60. The Labute approximate surface area is 125 Å². The van der Waals surface area contributed by atoms with Crippen LogP contribution >= 0.6 is 11.6 Å². The number of anilines is 1. The van der Waals surface area contributed by atoms with E-state index >= 15 is 0 Å². The lowest BCUT2D eigenvalue weighted by molar-refractivity contribution is -0.180. The zero-order valence-electron chi connectivity index (χ0n) is 11.5. The van der Waals surface area contributed by atoms with Crippen molar-refractivity contribution in [3.63, 3.8) is 0 Å². The maximum Gasteiger partial charge on any atom is 0.403 e. The molecule has 0 radical (unpaired) electrons. The predicted molar refractivity (Wildman–Crippen MR) is 76.2 cm³/mol. The van der Waals surface area contributed by atoms with E-state index in [1.807, 2.05) is 0 Å². The molecule has 2 atom stereocenters. The molecule has 3 nitrogen and oxygen atoms in total. The molecule has 0 spiro atoms. The van der Waals surface area contributed by atoms with Crippen molar-refractivity contribution in [3.8, 4) is 0 Å². The van der Waals surface area contributed by atoms with Crippen molar-refractivity contribution in [2.75, 3.05) is 5.32 Å². The zero-order chi connectivity index (χ0) is 15.8. The van der Waals surface area contributed by atoms with Crippen LogP contribution in [0.3, 0.4) is 0 Å². The van der Waals surface area contributed by atoms with Gasteiger partial charge in [-0.25, -0.2) is 9.79 Å². The Kier molecular flexibility index (Phi) is 4.02. The molecule has 1 heterocycles. The van der Waals surface area contributed by atoms with E-state index in [-0.39, 0.29) is 22.7 Å². The average Bonchev–Trinajstić information content (AvgIpc) is 2.54. The number of rotatable bonds is 2. The van der Waals surface area contributed by atoms with Crippen molar-refractivity contribution in [2.24, 2.45) is 10.9 Å². The van der Waals surface area contributed by atoms with Gasteiger partial charge in [0.15, 0.2) is 0 Å². The van der Waals surface area contributed by atoms with E-state index in [0.717, 1.165) is 0 Å². The van der Waals surface area contributed by atoms with Crippen LogP contribution in [0.2, 0.25) is 5.02 Å². The lowest BCUT2D eigenvalue weighted by Crippen LogP contribution is -2.49. The molecule has 0 fully saturated rings. The van der Waals surface area contributed by atoms with Crippen LogP contribution in [-0.2, 0) is 5.41 Å². The summed E-state index contributed by atoms with van der Waals surface area (Å²) >= 11 is 5.87. The number of halogens is 4. The molecule has 2 rings (SSSR count). The van der Waals surface area contributed by atoms with Gasteiger partial charge in [0.2, 0.25) is 0 Å². The van der Waals surface area contributed by atoms with E-state index in [2.05, 4.69) is 10.3 Å². The standard InChI is InChI=1S/C14H14ClF3N2O/c1-3-8(2)13(14(16,17)18)7-19-12(21)20-11-5-4-9(15)6-10(11)13/h4-8H,3H2,1-2H3,(H,20,21). The normalized spacial score (nSPS) is 23.2. The number of alkyl halides is 3. The Morgan fingerprint density at radius 1 is 1.43 bits per heavy atom. The number of hydrogen-bond donors (Lipinski definition) is 1. The van der Waals surface area contributed by atoms with Gasteiger partial charge in [0, 0.05) is 16.9 Å². The lowest BCUT2D eigenvalue weighted by Gasteiger charge is -2.38. The van der Waals surface area contributed by atoms with E-state index in [9.17, 15) is 18.0 Å². The monoisotopic (exact) mass is 318 g/mol. The number of urea groups is 1. The number of benzene rings is 1. The summed E-state index contributed by atoms with van der Waals surface area (Å²) in [5.74, 6) is -0.800. The number of aliphatic imine (C=N–C) groups is 1. The topological polar surface area (TPSA) is 41.5 Å². The molecule has 2 unspecified atom stereocenters. The molecule has 0 saturated carbocycles. The Balaban J connectivity index is 2.83. The molecule has 0 aromatic heterocycles. The van der Waals surface area contributed by atoms with Gasteiger partial charge in [-0.05, 0) is 29.7 Å². The molecular formula is C14H14ClF3N2O. The van der Waals surface area contributed by atoms with E-state index in [0.29, 0.717) is 6.21 Å². The summed E-state index contributed by atoms with van der Waals surface area (Å²) in [5.41, 5.74) is -2.34. The van der Waals surface area contributed by atoms with Crippen molar-refractivity contribution in [2.45, 2.75) is 31.9 Å². The third-order valence-corrected chi connectivity index (χ3v) is 4.15. The van der Waals surface area contributed by atoms with Crippen molar-refractivity contribution in [1.29, 1.82) is 0 Å². The SMILES string of the molecule is CCC(C)C1(C(F)(F)F)C=NC(=O)Nc2ccc(Cl)cc21. The van der Waals surface area contributed by atoms with Crippen LogP contribution in [0.5, 0.6) is 0 Å². The highest BCUT2D eigenvalue weighted by molar-refractivity contribution is 6.30. The summed E-state index contributed by atoms with van der Waals surface area (Å²) in [6.45, 7) is 3.15. The molecule has 1 aliphatic heterocycles. The third kappa shape index (κ3) is 2.52. The van der Waals surface area contributed by atoms with Crippen LogP contribution in [0.1, 0.15) is 25.8 Å². The summed E-state index contributed by atoms with van der Waals surface area (Å²) in [6.07, 6.45) is -3.62. The predicted octanol–water partition coefficient (Wildman–Crippen LogP) is 4.80. The molecule has 1 aromatic rings. The van der Waals surface area contributed by atoms with E-state index in [4.69, 9.17) is 11.6 Å². The average molecular weight is 319 g/mol. The van der Waals surface area contributed by atoms with Gasteiger partial charge in [0.25, 0.3) is 0 Å². The van der Waals surface area contributed by atoms with Crippen molar-refractivity contribution in [1.82, 2.24) is 0 Å². The van der Waals surface area contributed by atoms with Crippen LogP contribution in [-0.4, -0.2) is 18.4 Å². The summed E-state index contributed by atoms with van der Waals surface area (Å²) in [4.78, 5) is 15.0. The molecule has 0 saturated heterocycles. The van der Waals surface area contributed by atoms with Gasteiger partial charge >= 0.3 is 12.2 Å². The number of nitrogens with one attached hydrogen (secondary N) is 1. The molecule has 1 aromatic carbocycles. The molecule has 0 aliphatic carbocycles. The summed E-state index contributed by atoms with van der Waals surface area (Å²) in [7, 11) is 0. The highest BCUT2D eigenvalue weighted by Gasteiger charge is 2.59. The van der Waals surface area contributed by atoms with E-state index in [1.54, 1.807) is 6.92 Å². The fraction of sp³-hybridized carbons (Fsp3) is 0.429. The molecule has 21 heavy (non-hydrogen) atoms. The fourth-order valence-corrected chi connectivity index (χ4v) is 2.74. The van der Waals surface area contributed by atoms with Crippen molar-refractivity contribution in [3.05, 3.63) is 28.8 Å². The second kappa shape index (κ2) is 5.33. The Morgan fingerprint density at radius 3 is 2.67 bits per heavy atom. The Morgan fingerprint density at radius 2 is 2.10 bits per heavy atom. The minimum absolute atomic E-state index is 0.0774. The summed E-state index contributed by atoms with van der Waals surface area (Å²) < 4.78 is 41.6. The maximum atomic E-state index is 13.9. The van der Waals surface area contributed by atoms with Gasteiger partial charge in [0.1, 0.15) is 5.41 Å². The third-order valence-electron chi connectivity index (χ3n) is 3.91. The molecule has 114 valence electrons. The van der Waals surface area contributed by atoms with Crippen molar-refractivity contribution >= 4 is 29.5 Å². The van der Waals surface area contributed by atoms with Crippen LogP contribution < -0.4 is 5.32 Å². The second-order valence-corrected chi connectivity index (χ2v) is 5.49. The first-order valence-electron chi connectivity index (χ1n) is 6.45. The molecule has 7 heteroatoms. The second-order valence-electron chi connectivity index (χ2n) is 5.05. The van der Waals surface area contributed by atoms with E-state index < -0.39 is 23.5 Å². The largest absolute Gasteiger partial charge is 0.403 e. The fourth-order valence-electron chi connectivity index (χ4n) is 2.57. The minimum Gasteiger partial charge on any atom is -0.306 e. The lowest BCUT2D eigenvalue weighted by atomic mass is 9.69. The first kappa shape index (κ1) is 15.8. The van der Waals surface area contributed by atoms with Crippen LogP contribution in [0.15, 0.2) is 23.2 Å². The number of carbonyl (C=O) groups excluding carboxylic acids is 1. The van der Waals surface area contributed by atoms with Gasteiger partial charge in [0.05, 0.1) is 0 Å². The number of fused-ring (bicyclic) bond motifs is 1. The molecule has 0 bridgehead atoms.